The van der Waals surface area contributed by atoms with Crippen LogP contribution in [0.5, 0.6) is 5.75 Å². The van der Waals surface area contributed by atoms with Crippen molar-refractivity contribution in [2.24, 2.45) is 0 Å². The molecule has 0 fully saturated rings. The minimum absolute atomic E-state index is 0.129. The molecule has 0 saturated heterocycles. The van der Waals surface area contributed by atoms with Crippen molar-refractivity contribution in [3.63, 3.8) is 0 Å². The molecule has 128 valence electrons. The molecule has 2 aromatic carbocycles. The number of amides is 1. The lowest BCUT2D eigenvalue weighted by Crippen LogP contribution is -2.13. The molecule has 6 heteroatoms. The maximum Gasteiger partial charge on any atom is 0.224 e. The molecule has 0 spiro atoms. The number of hydrogen-bond donors (Lipinski definition) is 1. The first-order chi connectivity index (χ1) is 11.4. The molecule has 2 rings (SSSR count). The van der Waals surface area contributed by atoms with Crippen LogP contribution in [0.2, 0.25) is 0 Å². The Bertz CT molecular complexity index is 798. The number of sulfone groups is 1. The van der Waals surface area contributed by atoms with E-state index in [1.165, 1.54) is 12.1 Å². The fourth-order valence-corrected chi connectivity index (χ4v) is 2.77. The van der Waals surface area contributed by atoms with Crippen molar-refractivity contribution in [2.75, 3.05) is 18.2 Å². The van der Waals surface area contributed by atoms with Crippen LogP contribution < -0.4 is 10.1 Å². The van der Waals surface area contributed by atoms with Crippen molar-refractivity contribution in [2.45, 2.75) is 24.7 Å². The number of carbonyl (C=O) groups excluding carboxylic acids is 1. The lowest BCUT2D eigenvalue weighted by molar-refractivity contribution is -0.116. The number of hydrogen-bond acceptors (Lipinski definition) is 4. The molecule has 0 aliphatic carbocycles. The second-order valence-electron chi connectivity index (χ2n) is 5.56. The van der Waals surface area contributed by atoms with E-state index < -0.39 is 9.84 Å². The van der Waals surface area contributed by atoms with Gasteiger partial charge in [-0.1, -0.05) is 18.2 Å². The molecule has 2 aromatic rings. The topological polar surface area (TPSA) is 72.5 Å². The highest BCUT2D eigenvalue weighted by atomic mass is 32.2. The Morgan fingerprint density at radius 1 is 1.08 bits per heavy atom. The average Bonchev–Trinajstić information content (AvgIpc) is 2.53. The van der Waals surface area contributed by atoms with Crippen LogP contribution in [-0.4, -0.2) is 27.2 Å². The van der Waals surface area contributed by atoms with E-state index in [4.69, 9.17) is 4.74 Å². The molecule has 0 atom stereocenters. The SMILES string of the molecule is Cc1ccccc1OCCCC(=O)Nc1ccc(S(C)(=O)=O)cc1. The van der Waals surface area contributed by atoms with Crippen LogP contribution in [0.4, 0.5) is 5.69 Å². The summed E-state index contributed by atoms with van der Waals surface area (Å²) in [6.45, 7) is 2.44. The van der Waals surface area contributed by atoms with Gasteiger partial charge in [0.15, 0.2) is 9.84 Å². The number of ether oxygens (including phenoxy) is 1. The van der Waals surface area contributed by atoms with Crippen molar-refractivity contribution in [3.05, 3.63) is 54.1 Å². The van der Waals surface area contributed by atoms with Crippen molar-refractivity contribution in [1.29, 1.82) is 0 Å². The highest BCUT2D eigenvalue weighted by Crippen LogP contribution is 2.17. The number of carbonyl (C=O) groups is 1. The number of anilines is 1. The number of rotatable bonds is 7. The summed E-state index contributed by atoms with van der Waals surface area (Å²) in [5, 5.41) is 2.74. The predicted octanol–water partition coefficient (Wildman–Crippen LogP) is 3.20. The molecule has 0 saturated carbocycles. The fourth-order valence-electron chi connectivity index (χ4n) is 2.14. The highest BCUT2D eigenvalue weighted by molar-refractivity contribution is 7.90. The first kappa shape index (κ1) is 18.0. The second-order valence-corrected chi connectivity index (χ2v) is 7.58. The van der Waals surface area contributed by atoms with E-state index >= 15 is 0 Å². The summed E-state index contributed by atoms with van der Waals surface area (Å²) in [7, 11) is -3.22. The molecule has 0 unspecified atom stereocenters. The van der Waals surface area contributed by atoms with Crippen LogP contribution in [0.3, 0.4) is 0 Å². The van der Waals surface area contributed by atoms with Gasteiger partial charge in [-0.05, 0) is 49.2 Å². The van der Waals surface area contributed by atoms with Crippen LogP contribution >= 0.6 is 0 Å². The standard InChI is InChI=1S/C18H21NO4S/c1-14-6-3-4-7-17(14)23-13-5-8-18(20)19-15-9-11-16(12-10-15)24(2,21)22/h3-4,6-7,9-12H,5,8,13H2,1-2H3,(H,19,20). The average molecular weight is 347 g/mol. The molecular weight excluding hydrogens is 326 g/mol. The molecule has 1 N–H and O–H groups in total. The number of nitrogens with one attached hydrogen (secondary N) is 1. The molecule has 0 bridgehead atoms. The molecule has 5 nitrogen and oxygen atoms in total. The Labute approximate surface area is 142 Å². The van der Waals surface area contributed by atoms with Gasteiger partial charge in [-0.2, -0.15) is 0 Å². The fraction of sp³-hybridized carbons (Fsp3) is 0.278. The zero-order valence-electron chi connectivity index (χ0n) is 13.8. The van der Waals surface area contributed by atoms with E-state index in [0.29, 0.717) is 25.1 Å². The van der Waals surface area contributed by atoms with Gasteiger partial charge < -0.3 is 10.1 Å². The maximum absolute atomic E-state index is 11.9. The van der Waals surface area contributed by atoms with Crippen LogP contribution in [0, 0.1) is 6.92 Å². The third-order valence-corrected chi connectivity index (χ3v) is 4.59. The van der Waals surface area contributed by atoms with Crippen LogP contribution in [0.15, 0.2) is 53.4 Å². The van der Waals surface area contributed by atoms with Crippen LogP contribution in [0.25, 0.3) is 0 Å². The number of para-hydroxylation sites is 1. The Balaban J connectivity index is 1.76. The van der Waals surface area contributed by atoms with Crippen molar-refractivity contribution in [3.8, 4) is 5.75 Å². The van der Waals surface area contributed by atoms with Crippen LogP contribution in [-0.2, 0) is 14.6 Å². The smallest absolute Gasteiger partial charge is 0.224 e. The van der Waals surface area contributed by atoms with Gasteiger partial charge in [-0.25, -0.2) is 8.42 Å². The van der Waals surface area contributed by atoms with Gasteiger partial charge in [0, 0.05) is 18.4 Å². The quantitative estimate of drug-likeness (QED) is 0.781. The van der Waals surface area contributed by atoms with Crippen molar-refractivity contribution in [1.82, 2.24) is 0 Å². The molecule has 24 heavy (non-hydrogen) atoms. The molecule has 0 aliphatic rings. The third kappa shape index (κ3) is 5.38. The normalized spacial score (nSPS) is 11.1. The summed E-state index contributed by atoms with van der Waals surface area (Å²) < 4.78 is 28.4. The summed E-state index contributed by atoms with van der Waals surface area (Å²) in [5.74, 6) is 0.699. The molecule has 0 aromatic heterocycles. The number of benzene rings is 2. The van der Waals surface area contributed by atoms with Gasteiger partial charge in [-0.15, -0.1) is 0 Å². The van der Waals surface area contributed by atoms with Crippen molar-refractivity contribution >= 4 is 21.4 Å². The van der Waals surface area contributed by atoms with E-state index in [-0.39, 0.29) is 10.8 Å². The molecular formula is C18H21NO4S. The van der Waals surface area contributed by atoms with E-state index in [1.807, 2.05) is 31.2 Å². The summed E-state index contributed by atoms with van der Waals surface area (Å²) >= 11 is 0. The van der Waals surface area contributed by atoms with Crippen molar-refractivity contribution < 1.29 is 17.9 Å². The molecule has 0 heterocycles. The Morgan fingerprint density at radius 2 is 1.75 bits per heavy atom. The van der Waals surface area contributed by atoms with Crippen LogP contribution in [0.1, 0.15) is 18.4 Å². The lowest BCUT2D eigenvalue weighted by atomic mass is 10.2. The Kier molecular flexibility index (Phi) is 5.98. The third-order valence-electron chi connectivity index (χ3n) is 3.47. The monoisotopic (exact) mass is 347 g/mol. The summed E-state index contributed by atoms with van der Waals surface area (Å²) in [4.78, 5) is 12.1. The second kappa shape index (κ2) is 7.97. The summed E-state index contributed by atoms with van der Waals surface area (Å²) in [6.07, 6.45) is 2.08. The Hall–Kier alpha value is -2.34. The van der Waals surface area contributed by atoms with Gasteiger partial charge >= 0.3 is 0 Å². The first-order valence-corrected chi connectivity index (χ1v) is 9.54. The van der Waals surface area contributed by atoms with Gasteiger partial charge in [0.2, 0.25) is 5.91 Å². The maximum atomic E-state index is 11.9. The van der Waals surface area contributed by atoms with Gasteiger partial charge in [-0.3, -0.25) is 4.79 Å². The molecule has 1 amide bonds. The molecule has 0 radical (unpaired) electrons. The summed E-state index contributed by atoms with van der Waals surface area (Å²) in [5.41, 5.74) is 1.64. The summed E-state index contributed by atoms with van der Waals surface area (Å²) in [6, 6.07) is 13.9. The highest BCUT2D eigenvalue weighted by Gasteiger charge is 2.07. The van der Waals surface area contributed by atoms with Gasteiger partial charge in [0.1, 0.15) is 5.75 Å². The van der Waals surface area contributed by atoms with Gasteiger partial charge in [0.25, 0.3) is 0 Å². The molecule has 0 aliphatic heterocycles. The predicted molar refractivity (Wildman–Crippen MR) is 94.1 cm³/mol. The minimum Gasteiger partial charge on any atom is -0.493 e. The largest absolute Gasteiger partial charge is 0.493 e. The van der Waals surface area contributed by atoms with E-state index in [1.54, 1.807) is 12.1 Å². The van der Waals surface area contributed by atoms with Gasteiger partial charge in [0.05, 0.1) is 11.5 Å². The first-order valence-electron chi connectivity index (χ1n) is 7.64. The van der Waals surface area contributed by atoms with E-state index in [0.717, 1.165) is 17.6 Å². The minimum atomic E-state index is -3.22. The number of aryl methyl sites for hydroxylation is 1. The van der Waals surface area contributed by atoms with E-state index in [2.05, 4.69) is 5.32 Å². The lowest BCUT2D eigenvalue weighted by Gasteiger charge is -2.09. The zero-order chi connectivity index (χ0) is 17.6. The Morgan fingerprint density at radius 3 is 2.38 bits per heavy atom. The van der Waals surface area contributed by atoms with E-state index in [9.17, 15) is 13.2 Å². The zero-order valence-corrected chi connectivity index (χ0v) is 14.6.